The van der Waals surface area contributed by atoms with E-state index >= 15 is 0 Å². The summed E-state index contributed by atoms with van der Waals surface area (Å²) in [6.07, 6.45) is 1.52. The lowest BCUT2D eigenvalue weighted by molar-refractivity contribution is 0.102. The van der Waals surface area contributed by atoms with Gasteiger partial charge in [-0.25, -0.2) is 0 Å². The SMILES string of the molecule is CNC(C)c1ccc(NC(=O)c2ccoc2C)cc1. The quantitative estimate of drug-likeness (QED) is 0.886. The molecule has 2 rings (SSSR count). The van der Waals surface area contributed by atoms with Gasteiger partial charge in [0.05, 0.1) is 11.8 Å². The first-order valence-corrected chi connectivity index (χ1v) is 6.24. The highest BCUT2D eigenvalue weighted by Gasteiger charge is 2.11. The van der Waals surface area contributed by atoms with Crippen LogP contribution in [0.3, 0.4) is 0 Å². The zero-order valence-electron chi connectivity index (χ0n) is 11.4. The van der Waals surface area contributed by atoms with Crippen LogP contribution in [0.5, 0.6) is 0 Å². The normalized spacial score (nSPS) is 12.2. The molecule has 0 saturated heterocycles. The van der Waals surface area contributed by atoms with Crippen LogP contribution in [0, 0.1) is 6.92 Å². The maximum absolute atomic E-state index is 12.0. The summed E-state index contributed by atoms with van der Waals surface area (Å²) in [7, 11) is 1.92. The van der Waals surface area contributed by atoms with E-state index in [0.717, 1.165) is 5.69 Å². The number of carbonyl (C=O) groups is 1. The van der Waals surface area contributed by atoms with Gasteiger partial charge < -0.3 is 15.1 Å². The second kappa shape index (κ2) is 5.71. The van der Waals surface area contributed by atoms with E-state index in [1.165, 1.54) is 11.8 Å². The number of aryl methyl sites for hydroxylation is 1. The minimum Gasteiger partial charge on any atom is -0.469 e. The molecule has 0 aliphatic rings. The fraction of sp³-hybridized carbons (Fsp3) is 0.267. The Bertz CT molecular complexity index is 558. The van der Waals surface area contributed by atoms with E-state index in [1.807, 2.05) is 31.3 Å². The van der Waals surface area contributed by atoms with Crippen LogP contribution in [-0.2, 0) is 0 Å². The molecule has 1 aromatic heterocycles. The van der Waals surface area contributed by atoms with Crippen LogP contribution in [-0.4, -0.2) is 13.0 Å². The molecule has 0 radical (unpaired) electrons. The molecule has 0 spiro atoms. The molecular weight excluding hydrogens is 240 g/mol. The summed E-state index contributed by atoms with van der Waals surface area (Å²) < 4.78 is 5.12. The van der Waals surface area contributed by atoms with Crippen LogP contribution in [0.25, 0.3) is 0 Å². The molecule has 4 heteroatoms. The van der Waals surface area contributed by atoms with Gasteiger partial charge in [-0.15, -0.1) is 0 Å². The summed E-state index contributed by atoms with van der Waals surface area (Å²) >= 11 is 0. The van der Waals surface area contributed by atoms with Crippen molar-refractivity contribution in [2.24, 2.45) is 0 Å². The van der Waals surface area contributed by atoms with Crippen LogP contribution >= 0.6 is 0 Å². The average molecular weight is 258 g/mol. The minimum absolute atomic E-state index is 0.152. The van der Waals surface area contributed by atoms with Gasteiger partial charge in [-0.1, -0.05) is 12.1 Å². The molecule has 0 bridgehead atoms. The molecule has 0 aliphatic carbocycles. The first kappa shape index (κ1) is 13.4. The Labute approximate surface area is 112 Å². The summed E-state index contributed by atoms with van der Waals surface area (Å²) in [5.41, 5.74) is 2.52. The molecule has 2 aromatic rings. The zero-order chi connectivity index (χ0) is 13.8. The maximum atomic E-state index is 12.0. The molecule has 1 amide bonds. The van der Waals surface area contributed by atoms with Crippen molar-refractivity contribution < 1.29 is 9.21 Å². The van der Waals surface area contributed by atoms with Crippen LogP contribution in [0.1, 0.15) is 34.6 Å². The second-order valence-corrected chi connectivity index (χ2v) is 4.48. The standard InChI is InChI=1S/C15H18N2O2/c1-10(16-3)12-4-6-13(7-5-12)17-15(18)14-8-9-19-11(14)2/h4-10,16H,1-3H3,(H,17,18). The number of hydrogen-bond acceptors (Lipinski definition) is 3. The van der Waals surface area contributed by atoms with E-state index < -0.39 is 0 Å². The van der Waals surface area contributed by atoms with Gasteiger partial charge >= 0.3 is 0 Å². The number of amides is 1. The molecule has 19 heavy (non-hydrogen) atoms. The first-order chi connectivity index (χ1) is 9.11. The molecule has 0 aliphatic heterocycles. The smallest absolute Gasteiger partial charge is 0.259 e. The highest BCUT2D eigenvalue weighted by Crippen LogP contribution is 2.17. The van der Waals surface area contributed by atoms with Crippen molar-refractivity contribution in [2.75, 3.05) is 12.4 Å². The fourth-order valence-corrected chi connectivity index (χ4v) is 1.84. The summed E-state index contributed by atoms with van der Waals surface area (Å²) in [6.45, 7) is 3.86. The summed E-state index contributed by atoms with van der Waals surface area (Å²) in [4.78, 5) is 12.0. The molecule has 1 atom stereocenters. The number of nitrogens with one attached hydrogen (secondary N) is 2. The Kier molecular flexibility index (Phi) is 4.02. The van der Waals surface area contributed by atoms with Gasteiger partial charge in [0.2, 0.25) is 0 Å². The molecule has 100 valence electrons. The lowest BCUT2D eigenvalue weighted by Crippen LogP contribution is -2.13. The van der Waals surface area contributed by atoms with Crippen LogP contribution in [0.2, 0.25) is 0 Å². The Morgan fingerprint density at radius 3 is 2.42 bits per heavy atom. The van der Waals surface area contributed by atoms with Gasteiger partial charge in [-0.05, 0) is 44.7 Å². The molecule has 0 fully saturated rings. The molecule has 1 heterocycles. The van der Waals surface area contributed by atoms with Crippen molar-refractivity contribution >= 4 is 11.6 Å². The Hall–Kier alpha value is -2.07. The largest absolute Gasteiger partial charge is 0.469 e. The van der Waals surface area contributed by atoms with Gasteiger partial charge in [-0.3, -0.25) is 4.79 Å². The lowest BCUT2D eigenvalue weighted by Gasteiger charge is -2.11. The van der Waals surface area contributed by atoms with E-state index in [0.29, 0.717) is 17.4 Å². The Morgan fingerprint density at radius 1 is 1.21 bits per heavy atom. The second-order valence-electron chi connectivity index (χ2n) is 4.48. The van der Waals surface area contributed by atoms with Crippen molar-refractivity contribution in [2.45, 2.75) is 19.9 Å². The highest BCUT2D eigenvalue weighted by atomic mass is 16.3. The lowest BCUT2D eigenvalue weighted by atomic mass is 10.1. The van der Waals surface area contributed by atoms with E-state index in [9.17, 15) is 4.79 Å². The van der Waals surface area contributed by atoms with Gasteiger partial charge in [0, 0.05) is 11.7 Å². The maximum Gasteiger partial charge on any atom is 0.259 e. The van der Waals surface area contributed by atoms with Crippen LogP contribution in [0.4, 0.5) is 5.69 Å². The number of furan rings is 1. The third-order valence-corrected chi connectivity index (χ3v) is 3.21. The fourth-order valence-electron chi connectivity index (χ4n) is 1.84. The molecule has 1 aromatic carbocycles. The van der Waals surface area contributed by atoms with Gasteiger partial charge in [-0.2, -0.15) is 0 Å². The van der Waals surface area contributed by atoms with Crippen molar-refractivity contribution in [3.05, 3.63) is 53.5 Å². The van der Waals surface area contributed by atoms with E-state index in [-0.39, 0.29) is 5.91 Å². The predicted molar refractivity (Wildman–Crippen MR) is 75.3 cm³/mol. The van der Waals surface area contributed by atoms with E-state index in [1.54, 1.807) is 13.0 Å². The average Bonchev–Trinajstić information content (AvgIpc) is 2.85. The topological polar surface area (TPSA) is 54.3 Å². The number of anilines is 1. The highest BCUT2D eigenvalue weighted by molar-refractivity contribution is 6.04. The van der Waals surface area contributed by atoms with E-state index in [4.69, 9.17) is 4.42 Å². The van der Waals surface area contributed by atoms with Crippen LogP contribution in [0.15, 0.2) is 41.0 Å². The van der Waals surface area contributed by atoms with Gasteiger partial charge in [0.1, 0.15) is 5.76 Å². The molecule has 4 nitrogen and oxygen atoms in total. The van der Waals surface area contributed by atoms with Gasteiger partial charge in [0.25, 0.3) is 5.91 Å². The van der Waals surface area contributed by atoms with Crippen molar-refractivity contribution in [3.63, 3.8) is 0 Å². The number of benzene rings is 1. The third kappa shape index (κ3) is 3.03. The summed E-state index contributed by atoms with van der Waals surface area (Å²) in [5.74, 6) is 0.471. The number of rotatable bonds is 4. The zero-order valence-corrected chi connectivity index (χ0v) is 11.4. The molecule has 1 unspecified atom stereocenters. The van der Waals surface area contributed by atoms with Crippen molar-refractivity contribution in [1.82, 2.24) is 5.32 Å². The third-order valence-electron chi connectivity index (χ3n) is 3.21. The Morgan fingerprint density at radius 2 is 1.89 bits per heavy atom. The van der Waals surface area contributed by atoms with Crippen LogP contribution < -0.4 is 10.6 Å². The minimum atomic E-state index is -0.152. The summed E-state index contributed by atoms with van der Waals surface area (Å²) in [5, 5.41) is 6.02. The first-order valence-electron chi connectivity index (χ1n) is 6.24. The van der Waals surface area contributed by atoms with Crippen molar-refractivity contribution in [3.8, 4) is 0 Å². The molecule has 0 saturated carbocycles. The van der Waals surface area contributed by atoms with Crippen molar-refractivity contribution in [1.29, 1.82) is 0 Å². The predicted octanol–water partition coefficient (Wildman–Crippen LogP) is 3.12. The monoisotopic (exact) mass is 258 g/mol. The summed E-state index contributed by atoms with van der Waals surface area (Å²) in [6, 6.07) is 9.76. The van der Waals surface area contributed by atoms with Gasteiger partial charge in [0.15, 0.2) is 0 Å². The number of carbonyl (C=O) groups excluding carboxylic acids is 1. The molecule has 2 N–H and O–H groups in total. The number of hydrogen-bond donors (Lipinski definition) is 2. The van der Waals surface area contributed by atoms with E-state index in [2.05, 4.69) is 17.6 Å². The Balaban J connectivity index is 2.08. The molecular formula is C15H18N2O2.